The van der Waals surface area contributed by atoms with Crippen LogP contribution in [0.15, 0.2) is 52.9 Å². The van der Waals surface area contributed by atoms with Gasteiger partial charge in [-0.05, 0) is 42.0 Å². The molecule has 0 unspecified atom stereocenters. The first-order chi connectivity index (χ1) is 11.8. The van der Waals surface area contributed by atoms with Crippen molar-refractivity contribution in [2.24, 2.45) is 0 Å². The highest BCUT2D eigenvalue weighted by Crippen LogP contribution is 2.46. The zero-order valence-electron chi connectivity index (χ0n) is 13.0. The summed E-state index contributed by atoms with van der Waals surface area (Å²) in [6.07, 6.45) is -4.51. The molecule has 0 saturated carbocycles. The molecule has 3 nitrogen and oxygen atoms in total. The highest BCUT2D eigenvalue weighted by atomic mass is 19.4. The monoisotopic (exact) mass is 351 g/mol. The molecule has 1 heterocycles. The predicted molar refractivity (Wildman–Crippen MR) is 85.8 cm³/mol. The molecule has 2 aromatic carbocycles. The SMILES string of the molecule is CNc1oc(-c2ccc(F)cc2)c(O)c1-c1cccc(C(F)(F)F)c1. The fraction of sp³-hybridized carbons (Fsp3) is 0.111. The number of alkyl halides is 3. The summed E-state index contributed by atoms with van der Waals surface area (Å²) in [5.74, 6) is -0.634. The number of aromatic hydroxyl groups is 1. The quantitative estimate of drug-likeness (QED) is 0.611. The van der Waals surface area contributed by atoms with Crippen molar-refractivity contribution in [2.45, 2.75) is 6.18 Å². The molecule has 0 radical (unpaired) electrons. The van der Waals surface area contributed by atoms with Crippen molar-refractivity contribution in [3.8, 4) is 28.2 Å². The molecule has 3 rings (SSSR count). The normalized spacial score (nSPS) is 11.6. The van der Waals surface area contributed by atoms with Crippen molar-refractivity contribution < 1.29 is 27.1 Å². The molecule has 3 aromatic rings. The summed E-state index contributed by atoms with van der Waals surface area (Å²) in [4.78, 5) is 0. The third-order valence-electron chi connectivity index (χ3n) is 3.70. The number of anilines is 1. The second-order valence-electron chi connectivity index (χ2n) is 5.32. The van der Waals surface area contributed by atoms with Crippen molar-refractivity contribution in [2.75, 3.05) is 12.4 Å². The lowest BCUT2D eigenvalue weighted by Gasteiger charge is -2.09. The molecule has 7 heteroatoms. The molecule has 130 valence electrons. The Morgan fingerprint density at radius 1 is 1.00 bits per heavy atom. The molecular weight excluding hydrogens is 338 g/mol. The highest BCUT2D eigenvalue weighted by Gasteiger charge is 2.31. The maximum absolute atomic E-state index is 13.1. The lowest BCUT2D eigenvalue weighted by molar-refractivity contribution is -0.137. The largest absolute Gasteiger partial charge is 0.504 e. The fourth-order valence-electron chi connectivity index (χ4n) is 2.51. The van der Waals surface area contributed by atoms with Gasteiger partial charge in [-0.3, -0.25) is 0 Å². The number of benzene rings is 2. The van der Waals surface area contributed by atoms with Crippen LogP contribution in [-0.2, 0) is 6.18 Å². The van der Waals surface area contributed by atoms with E-state index in [0.717, 1.165) is 12.1 Å². The molecule has 25 heavy (non-hydrogen) atoms. The maximum Gasteiger partial charge on any atom is 0.416 e. The van der Waals surface area contributed by atoms with Gasteiger partial charge in [0, 0.05) is 12.6 Å². The Hall–Kier alpha value is -2.96. The first-order valence-electron chi connectivity index (χ1n) is 7.28. The van der Waals surface area contributed by atoms with Crippen LogP contribution in [0.3, 0.4) is 0 Å². The second-order valence-corrected chi connectivity index (χ2v) is 5.32. The third-order valence-corrected chi connectivity index (χ3v) is 3.70. The molecule has 0 saturated heterocycles. The number of hydrogen-bond donors (Lipinski definition) is 2. The predicted octanol–water partition coefficient (Wildman–Crippen LogP) is 5.52. The fourth-order valence-corrected chi connectivity index (χ4v) is 2.51. The minimum absolute atomic E-state index is 0.0387. The van der Waals surface area contributed by atoms with Gasteiger partial charge in [0.25, 0.3) is 0 Å². The van der Waals surface area contributed by atoms with E-state index in [2.05, 4.69) is 5.32 Å². The topological polar surface area (TPSA) is 45.4 Å². The van der Waals surface area contributed by atoms with Crippen molar-refractivity contribution in [1.29, 1.82) is 0 Å². The molecule has 0 aliphatic rings. The number of furan rings is 1. The molecular formula is C18H13F4NO2. The maximum atomic E-state index is 13.1. The summed E-state index contributed by atoms with van der Waals surface area (Å²) in [6.45, 7) is 0. The van der Waals surface area contributed by atoms with Crippen molar-refractivity contribution in [3.05, 3.63) is 59.9 Å². The van der Waals surface area contributed by atoms with E-state index in [9.17, 15) is 22.7 Å². The minimum Gasteiger partial charge on any atom is -0.504 e. The van der Waals surface area contributed by atoms with Crippen LogP contribution < -0.4 is 5.32 Å². The van der Waals surface area contributed by atoms with Gasteiger partial charge in [0.05, 0.1) is 11.1 Å². The Morgan fingerprint density at radius 2 is 1.68 bits per heavy atom. The Balaban J connectivity index is 2.16. The summed E-state index contributed by atoms with van der Waals surface area (Å²) >= 11 is 0. The van der Waals surface area contributed by atoms with E-state index >= 15 is 0 Å². The first-order valence-corrected chi connectivity index (χ1v) is 7.28. The van der Waals surface area contributed by atoms with Gasteiger partial charge in [0.1, 0.15) is 5.82 Å². The summed E-state index contributed by atoms with van der Waals surface area (Å²) in [5.41, 5.74) is -0.189. The highest BCUT2D eigenvalue weighted by molar-refractivity contribution is 5.87. The van der Waals surface area contributed by atoms with Crippen molar-refractivity contribution in [3.63, 3.8) is 0 Å². The lowest BCUT2D eigenvalue weighted by Crippen LogP contribution is -2.04. The van der Waals surface area contributed by atoms with E-state index in [1.165, 1.54) is 43.4 Å². The van der Waals surface area contributed by atoms with Gasteiger partial charge < -0.3 is 14.8 Å². The Kier molecular flexibility index (Phi) is 4.16. The molecule has 0 bridgehead atoms. The summed E-state index contributed by atoms with van der Waals surface area (Å²) < 4.78 is 57.4. The van der Waals surface area contributed by atoms with Gasteiger partial charge >= 0.3 is 6.18 Å². The van der Waals surface area contributed by atoms with Gasteiger partial charge in [-0.25, -0.2) is 4.39 Å². The van der Waals surface area contributed by atoms with Crippen LogP contribution in [0.25, 0.3) is 22.5 Å². The van der Waals surface area contributed by atoms with Crippen molar-refractivity contribution >= 4 is 5.88 Å². The van der Waals surface area contributed by atoms with E-state index in [0.29, 0.717) is 5.56 Å². The number of halogens is 4. The van der Waals surface area contributed by atoms with E-state index in [1.54, 1.807) is 0 Å². The van der Waals surface area contributed by atoms with Crippen LogP contribution in [0.1, 0.15) is 5.56 Å². The standard InChI is InChI=1S/C18H13F4NO2/c1-23-17-14(11-3-2-4-12(9-11)18(20,21)22)15(24)16(25-17)10-5-7-13(19)8-6-10/h2-9,23-24H,1H3. The molecule has 0 spiro atoms. The average molecular weight is 351 g/mol. The zero-order chi connectivity index (χ0) is 18.2. The lowest BCUT2D eigenvalue weighted by atomic mass is 10.0. The minimum atomic E-state index is -4.51. The van der Waals surface area contributed by atoms with Crippen LogP contribution in [0.4, 0.5) is 23.4 Å². The van der Waals surface area contributed by atoms with E-state index < -0.39 is 17.6 Å². The molecule has 0 aliphatic heterocycles. The summed E-state index contributed by atoms with van der Waals surface area (Å²) in [7, 11) is 1.52. The van der Waals surface area contributed by atoms with Crippen LogP contribution >= 0.6 is 0 Å². The molecule has 0 aliphatic carbocycles. The van der Waals surface area contributed by atoms with Crippen LogP contribution in [0, 0.1) is 5.82 Å². The zero-order valence-corrected chi connectivity index (χ0v) is 13.0. The van der Waals surface area contributed by atoms with E-state index in [1.807, 2.05) is 0 Å². The van der Waals surface area contributed by atoms with Crippen LogP contribution in [0.2, 0.25) is 0 Å². The Labute approximate surface area is 140 Å². The second kappa shape index (κ2) is 6.16. The van der Waals surface area contributed by atoms with Crippen molar-refractivity contribution in [1.82, 2.24) is 0 Å². The molecule has 1 aromatic heterocycles. The van der Waals surface area contributed by atoms with E-state index in [-0.39, 0.29) is 28.5 Å². The van der Waals surface area contributed by atoms with Gasteiger partial charge in [-0.15, -0.1) is 0 Å². The Morgan fingerprint density at radius 3 is 2.28 bits per heavy atom. The smallest absolute Gasteiger partial charge is 0.416 e. The molecule has 0 amide bonds. The summed E-state index contributed by atoms with van der Waals surface area (Å²) in [6, 6.07) is 9.77. The summed E-state index contributed by atoms with van der Waals surface area (Å²) in [5, 5.41) is 13.2. The molecule has 0 atom stereocenters. The number of hydrogen-bond acceptors (Lipinski definition) is 3. The van der Waals surface area contributed by atoms with E-state index in [4.69, 9.17) is 4.42 Å². The van der Waals surface area contributed by atoms with Gasteiger partial charge in [-0.2, -0.15) is 13.2 Å². The van der Waals surface area contributed by atoms with Crippen LogP contribution in [-0.4, -0.2) is 12.2 Å². The number of rotatable bonds is 3. The number of nitrogens with one attached hydrogen (secondary N) is 1. The average Bonchev–Trinajstić information content (AvgIpc) is 2.91. The first kappa shape index (κ1) is 16.9. The van der Waals surface area contributed by atoms with Crippen LogP contribution in [0.5, 0.6) is 5.75 Å². The van der Waals surface area contributed by atoms with Gasteiger partial charge in [0.15, 0.2) is 11.5 Å². The molecule has 0 fully saturated rings. The van der Waals surface area contributed by atoms with Gasteiger partial charge in [0.2, 0.25) is 5.88 Å². The third kappa shape index (κ3) is 3.17. The molecule has 2 N–H and O–H groups in total. The Bertz CT molecular complexity index is 898. The van der Waals surface area contributed by atoms with Gasteiger partial charge in [-0.1, -0.05) is 12.1 Å².